The van der Waals surface area contributed by atoms with Gasteiger partial charge in [-0.05, 0) is 43.2 Å². The fraction of sp³-hybridized carbons (Fsp3) is 0.364. The number of benzene rings is 2. The van der Waals surface area contributed by atoms with E-state index in [2.05, 4.69) is 11.1 Å². The molecule has 2 aromatic rings. The molecule has 158 valence electrons. The highest BCUT2D eigenvalue weighted by Gasteiger charge is 2.49. The highest BCUT2D eigenvalue weighted by Crippen LogP contribution is 2.41. The molecule has 0 N–H and O–H groups in total. The maximum atomic E-state index is 12.8. The fourth-order valence-corrected chi connectivity index (χ4v) is 8.05. The summed E-state index contributed by atoms with van der Waals surface area (Å²) in [6, 6.07) is 13.3. The predicted molar refractivity (Wildman–Crippen MR) is 121 cm³/mol. The molecule has 8 heteroatoms. The van der Waals surface area contributed by atoms with E-state index in [1.165, 1.54) is 11.8 Å². The van der Waals surface area contributed by atoms with Gasteiger partial charge in [-0.25, -0.2) is 8.42 Å². The van der Waals surface area contributed by atoms with Gasteiger partial charge in [0.2, 0.25) is 0 Å². The van der Waals surface area contributed by atoms with E-state index in [0.29, 0.717) is 10.9 Å². The molecule has 4 rings (SSSR count). The van der Waals surface area contributed by atoms with E-state index < -0.39 is 9.84 Å². The lowest BCUT2D eigenvalue weighted by Gasteiger charge is -2.25. The molecule has 0 aliphatic carbocycles. The Morgan fingerprint density at radius 1 is 1.17 bits per heavy atom. The van der Waals surface area contributed by atoms with Crippen LogP contribution in [0.2, 0.25) is 0 Å². The molecule has 30 heavy (non-hydrogen) atoms. The first-order valence-corrected chi connectivity index (χ1v) is 12.4. The van der Waals surface area contributed by atoms with E-state index in [4.69, 9.17) is 4.74 Å². The van der Waals surface area contributed by atoms with Crippen LogP contribution in [0.15, 0.2) is 47.5 Å². The molecule has 2 aliphatic heterocycles. The van der Waals surface area contributed by atoms with Crippen LogP contribution in [0.25, 0.3) is 0 Å². The number of nitrogens with zero attached hydrogens (tertiary/aromatic N) is 2. The minimum absolute atomic E-state index is 0.0807. The first-order valence-electron chi connectivity index (χ1n) is 9.74. The van der Waals surface area contributed by atoms with Gasteiger partial charge in [0, 0.05) is 16.5 Å². The molecule has 2 saturated heterocycles. The number of rotatable bonds is 4. The summed E-state index contributed by atoms with van der Waals surface area (Å²) in [4.78, 5) is 19.1. The molecule has 2 aromatic carbocycles. The molecule has 0 aromatic heterocycles. The molecule has 1 amide bonds. The zero-order valence-corrected chi connectivity index (χ0v) is 18.8. The number of thioether (sulfide) groups is 1. The number of aryl methyl sites for hydroxylation is 2. The Balaban J connectivity index is 1.67. The number of hydrogen-bond donors (Lipinski definition) is 0. The number of fused-ring (bicyclic) bond motifs is 1. The molecule has 2 aliphatic rings. The van der Waals surface area contributed by atoms with E-state index in [1.807, 2.05) is 55.1 Å². The number of hydrogen-bond acceptors (Lipinski definition) is 5. The Morgan fingerprint density at radius 2 is 1.87 bits per heavy atom. The van der Waals surface area contributed by atoms with Crippen LogP contribution in [0.3, 0.4) is 0 Å². The zero-order chi connectivity index (χ0) is 21.5. The van der Waals surface area contributed by atoms with Crippen LogP contribution < -0.4 is 9.64 Å². The van der Waals surface area contributed by atoms with Gasteiger partial charge in [0.1, 0.15) is 5.75 Å². The molecule has 0 bridgehead atoms. The largest absolute Gasteiger partial charge is 0.496 e. The van der Waals surface area contributed by atoms with Crippen molar-refractivity contribution in [3.8, 4) is 5.75 Å². The Labute approximate surface area is 181 Å². The standard InChI is InChI=1S/C22H24N2O4S2/c1-14-8-15(2)10-17(9-14)24-18-12-30(26,27)13-20(18)29-22(24)23-21(25)11-16-6-4-5-7-19(16)28-3/h4-10,18,20H,11-13H2,1-3H3/t18-,20-/m0/s1. The summed E-state index contributed by atoms with van der Waals surface area (Å²) in [5.74, 6) is 0.569. The van der Waals surface area contributed by atoms with Crippen molar-refractivity contribution in [1.29, 1.82) is 0 Å². The molecule has 0 saturated carbocycles. The van der Waals surface area contributed by atoms with E-state index in [-0.39, 0.29) is 35.1 Å². The summed E-state index contributed by atoms with van der Waals surface area (Å²) >= 11 is 1.39. The van der Waals surface area contributed by atoms with Crippen molar-refractivity contribution in [3.63, 3.8) is 0 Å². The van der Waals surface area contributed by atoms with E-state index in [0.717, 1.165) is 22.4 Å². The highest BCUT2D eigenvalue weighted by molar-refractivity contribution is 8.16. The van der Waals surface area contributed by atoms with Gasteiger partial charge in [0.15, 0.2) is 15.0 Å². The monoisotopic (exact) mass is 444 g/mol. The van der Waals surface area contributed by atoms with Gasteiger partial charge in [-0.15, -0.1) is 0 Å². The molecular formula is C22H24N2O4S2. The second-order valence-corrected chi connectivity index (χ2v) is 11.2. The van der Waals surface area contributed by atoms with Crippen LogP contribution in [0, 0.1) is 13.8 Å². The predicted octanol–water partition coefficient (Wildman–Crippen LogP) is 3.16. The van der Waals surface area contributed by atoms with Crippen molar-refractivity contribution in [3.05, 3.63) is 59.2 Å². The number of aliphatic imine (C=N–C) groups is 1. The van der Waals surface area contributed by atoms with Crippen molar-refractivity contribution in [2.45, 2.75) is 31.6 Å². The highest BCUT2D eigenvalue weighted by atomic mass is 32.2. The Hall–Kier alpha value is -2.32. The van der Waals surface area contributed by atoms with Crippen LogP contribution in [0.4, 0.5) is 5.69 Å². The fourth-order valence-electron chi connectivity index (χ4n) is 4.11. The van der Waals surface area contributed by atoms with Crippen LogP contribution in [0.1, 0.15) is 16.7 Å². The lowest BCUT2D eigenvalue weighted by Crippen LogP contribution is -2.37. The summed E-state index contributed by atoms with van der Waals surface area (Å²) in [6.07, 6.45) is 0.127. The first kappa shape index (κ1) is 20.9. The Bertz CT molecular complexity index is 1110. The Kier molecular flexibility index (Phi) is 5.63. The second-order valence-electron chi connectivity index (χ2n) is 7.79. The summed E-state index contributed by atoms with van der Waals surface area (Å²) in [6.45, 7) is 4.01. The van der Waals surface area contributed by atoms with Gasteiger partial charge in [0.05, 0.1) is 31.1 Å². The average molecular weight is 445 g/mol. The number of carbonyl (C=O) groups excluding carboxylic acids is 1. The number of amides is 1. The third-order valence-electron chi connectivity index (χ3n) is 5.31. The number of amidine groups is 1. The molecule has 2 atom stereocenters. The third kappa shape index (κ3) is 4.25. The van der Waals surface area contributed by atoms with Gasteiger partial charge in [0.25, 0.3) is 5.91 Å². The number of sulfone groups is 1. The van der Waals surface area contributed by atoms with Crippen molar-refractivity contribution < 1.29 is 17.9 Å². The smallest absolute Gasteiger partial charge is 0.252 e. The SMILES string of the molecule is COc1ccccc1CC(=O)N=C1S[C@H]2CS(=O)(=O)C[C@@H]2N1c1cc(C)cc(C)c1. The number of methoxy groups -OCH3 is 1. The van der Waals surface area contributed by atoms with Crippen LogP contribution in [-0.2, 0) is 21.1 Å². The zero-order valence-electron chi connectivity index (χ0n) is 17.2. The number of carbonyl (C=O) groups is 1. The summed E-state index contributed by atoms with van der Waals surface area (Å²) < 4.78 is 29.8. The summed E-state index contributed by atoms with van der Waals surface area (Å²) in [5, 5.41) is 0.457. The van der Waals surface area contributed by atoms with Gasteiger partial charge in [-0.3, -0.25) is 4.79 Å². The van der Waals surface area contributed by atoms with Crippen LogP contribution in [0.5, 0.6) is 5.75 Å². The lowest BCUT2D eigenvalue weighted by atomic mass is 10.1. The minimum atomic E-state index is -3.10. The molecule has 2 fully saturated rings. The molecule has 0 spiro atoms. The molecule has 2 heterocycles. The third-order valence-corrected chi connectivity index (χ3v) is 8.52. The van der Waals surface area contributed by atoms with Crippen molar-refractivity contribution in [2.75, 3.05) is 23.5 Å². The van der Waals surface area contributed by atoms with Crippen LogP contribution in [-0.4, -0.2) is 49.4 Å². The lowest BCUT2D eigenvalue weighted by molar-refractivity contribution is -0.117. The summed E-state index contributed by atoms with van der Waals surface area (Å²) in [7, 11) is -1.52. The quantitative estimate of drug-likeness (QED) is 0.721. The number of anilines is 1. The van der Waals surface area contributed by atoms with Crippen molar-refractivity contribution >= 4 is 38.4 Å². The minimum Gasteiger partial charge on any atom is -0.496 e. The first-order chi connectivity index (χ1) is 14.3. The number of ether oxygens (including phenoxy) is 1. The van der Waals surface area contributed by atoms with Gasteiger partial charge >= 0.3 is 0 Å². The Morgan fingerprint density at radius 3 is 2.57 bits per heavy atom. The van der Waals surface area contributed by atoms with Gasteiger partial charge < -0.3 is 9.64 Å². The molecule has 0 radical (unpaired) electrons. The maximum absolute atomic E-state index is 12.8. The number of para-hydroxylation sites is 1. The van der Waals surface area contributed by atoms with Crippen molar-refractivity contribution in [2.24, 2.45) is 4.99 Å². The topological polar surface area (TPSA) is 76.0 Å². The van der Waals surface area contributed by atoms with E-state index >= 15 is 0 Å². The maximum Gasteiger partial charge on any atom is 0.252 e. The van der Waals surface area contributed by atoms with Gasteiger partial charge in [-0.2, -0.15) is 4.99 Å². The van der Waals surface area contributed by atoms with E-state index in [9.17, 15) is 13.2 Å². The average Bonchev–Trinajstić information content (AvgIpc) is 3.11. The van der Waals surface area contributed by atoms with Crippen LogP contribution >= 0.6 is 11.8 Å². The van der Waals surface area contributed by atoms with E-state index in [1.54, 1.807) is 7.11 Å². The molecular weight excluding hydrogens is 420 g/mol. The molecule has 0 unspecified atom stereocenters. The van der Waals surface area contributed by atoms with Crippen molar-refractivity contribution in [1.82, 2.24) is 0 Å². The molecule has 6 nitrogen and oxygen atoms in total. The normalized spacial score (nSPS) is 23.6. The summed E-state index contributed by atoms with van der Waals surface area (Å²) in [5.41, 5.74) is 3.82. The second kappa shape index (κ2) is 8.07. The van der Waals surface area contributed by atoms with Gasteiger partial charge in [-0.1, -0.05) is 36.0 Å².